The first-order valence-corrected chi connectivity index (χ1v) is 8.87. The second kappa shape index (κ2) is 10.8. The Hall–Kier alpha value is -0.290. The van der Waals surface area contributed by atoms with Crippen LogP contribution >= 0.6 is 24.0 Å². The Morgan fingerprint density at radius 3 is 2.60 bits per heavy atom. The third-order valence-corrected chi connectivity index (χ3v) is 4.87. The summed E-state index contributed by atoms with van der Waals surface area (Å²) in [6, 6.07) is 0.647. The summed E-state index contributed by atoms with van der Waals surface area (Å²) in [5, 5.41) is 6.53. The Labute approximate surface area is 165 Å². The highest BCUT2D eigenvalue weighted by Gasteiger charge is 2.34. The van der Waals surface area contributed by atoms with E-state index in [4.69, 9.17) is 0 Å². The number of hydrogen-bond acceptors (Lipinski definition) is 3. The first kappa shape index (κ1) is 22.8. The molecule has 0 amide bonds. The maximum Gasteiger partial charge on any atom is 0.401 e. The Kier molecular flexibility index (Phi) is 9.79. The molecule has 2 N–H and O–H groups in total. The lowest BCUT2D eigenvalue weighted by atomic mass is 10.0. The van der Waals surface area contributed by atoms with Gasteiger partial charge in [-0.1, -0.05) is 6.42 Å². The number of piperidine rings is 1. The standard InChI is InChI=1S/C16H30F3N5.HI/c1-13-5-3-4-8-24(13)10-7-21-15(20-2)22-14-6-9-23(11-14)12-16(17,18)19;/h13-14H,3-12H2,1-2H3,(H2,20,21,22);1H. The quantitative estimate of drug-likeness (QED) is 0.363. The van der Waals surface area contributed by atoms with Crippen LogP contribution in [0, 0.1) is 0 Å². The van der Waals surface area contributed by atoms with Crippen molar-refractivity contribution in [1.29, 1.82) is 0 Å². The molecule has 0 aliphatic carbocycles. The molecule has 0 aromatic heterocycles. The molecule has 2 saturated heterocycles. The summed E-state index contributed by atoms with van der Waals surface area (Å²) in [6.07, 6.45) is 0.406. The van der Waals surface area contributed by atoms with Crippen LogP contribution < -0.4 is 10.6 Å². The van der Waals surface area contributed by atoms with Gasteiger partial charge in [0.1, 0.15) is 0 Å². The minimum absolute atomic E-state index is 0. The number of alkyl halides is 3. The second-order valence-electron chi connectivity index (χ2n) is 6.86. The average molecular weight is 477 g/mol. The fraction of sp³-hybridized carbons (Fsp3) is 0.938. The van der Waals surface area contributed by atoms with Crippen LogP contribution in [-0.4, -0.2) is 80.3 Å². The van der Waals surface area contributed by atoms with Crippen LogP contribution in [0.3, 0.4) is 0 Å². The summed E-state index contributed by atoms with van der Waals surface area (Å²) in [7, 11) is 1.70. The zero-order valence-corrected chi connectivity index (χ0v) is 17.4. The molecule has 2 aliphatic heterocycles. The highest BCUT2D eigenvalue weighted by molar-refractivity contribution is 14.0. The lowest BCUT2D eigenvalue weighted by Crippen LogP contribution is -2.48. The first-order valence-electron chi connectivity index (χ1n) is 8.87. The second-order valence-corrected chi connectivity index (χ2v) is 6.86. The van der Waals surface area contributed by atoms with Crippen molar-refractivity contribution in [1.82, 2.24) is 20.4 Å². The van der Waals surface area contributed by atoms with Crippen molar-refractivity contribution >= 4 is 29.9 Å². The van der Waals surface area contributed by atoms with Crippen molar-refractivity contribution in [3.8, 4) is 0 Å². The monoisotopic (exact) mass is 477 g/mol. The molecule has 5 nitrogen and oxygen atoms in total. The highest BCUT2D eigenvalue weighted by Crippen LogP contribution is 2.20. The zero-order chi connectivity index (χ0) is 17.6. The molecule has 2 heterocycles. The topological polar surface area (TPSA) is 42.9 Å². The Morgan fingerprint density at radius 1 is 1.20 bits per heavy atom. The van der Waals surface area contributed by atoms with Gasteiger partial charge in [-0.05, 0) is 32.7 Å². The van der Waals surface area contributed by atoms with Crippen molar-refractivity contribution in [3.63, 3.8) is 0 Å². The molecule has 2 rings (SSSR count). The van der Waals surface area contributed by atoms with Crippen molar-refractivity contribution in [2.75, 3.05) is 46.3 Å². The molecular formula is C16H31F3IN5. The maximum absolute atomic E-state index is 12.4. The lowest BCUT2D eigenvalue weighted by Gasteiger charge is -2.33. The molecule has 2 atom stereocenters. The average Bonchev–Trinajstić information content (AvgIpc) is 2.93. The molecule has 0 spiro atoms. The van der Waals surface area contributed by atoms with E-state index in [2.05, 4.69) is 27.4 Å². The van der Waals surface area contributed by atoms with Crippen LogP contribution in [0.2, 0.25) is 0 Å². The summed E-state index contributed by atoms with van der Waals surface area (Å²) in [6.45, 7) is 5.21. The molecule has 2 fully saturated rings. The summed E-state index contributed by atoms with van der Waals surface area (Å²) in [5.74, 6) is 0.679. The van der Waals surface area contributed by atoms with E-state index in [1.165, 1.54) is 24.2 Å². The predicted octanol–water partition coefficient (Wildman–Crippen LogP) is 2.28. The summed E-state index contributed by atoms with van der Waals surface area (Å²) >= 11 is 0. The van der Waals surface area contributed by atoms with Gasteiger partial charge in [-0.15, -0.1) is 24.0 Å². The van der Waals surface area contributed by atoms with E-state index in [1.807, 2.05) is 0 Å². The van der Waals surface area contributed by atoms with Gasteiger partial charge in [0.15, 0.2) is 5.96 Å². The van der Waals surface area contributed by atoms with Crippen molar-refractivity contribution in [3.05, 3.63) is 0 Å². The normalized spacial score (nSPS) is 26.4. The molecule has 2 aliphatic rings. The van der Waals surface area contributed by atoms with Gasteiger partial charge in [-0.2, -0.15) is 13.2 Å². The van der Waals surface area contributed by atoms with E-state index < -0.39 is 12.7 Å². The van der Waals surface area contributed by atoms with Gasteiger partial charge in [0, 0.05) is 45.3 Å². The smallest absolute Gasteiger partial charge is 0.355 e. The molecule has 9 heteroatoms. The number of nitrogens with zero attached hydrogens (tertiary/aromatic N) is 3. The molecular weight excluding hydrogens is 446 g/mol. The van der Waals surface area contributed by atoms with Crippen LogP contribution in [0.4, 0.5) is 13.2 Å². The van der Waals surface area contributed by atoms with Crippen molar-refractivity contribution in [2.45, 2.75) is 50.9 Å². The number of rotatable bonds is 5. The van der Waals surface area contributed by atoms with E-state index in [0.29, 0.717) is 31.5 Å². The Morgan fingerprint density at radius 2 is 1.96 bits per heavy atom. The fourth-order valence-corrected chi connectivity index (χ4v) is 3.54. The summed E-state index contributed by atoms with van der Waals surface area (Å²) < 4.78 is 37.3. The SMILES string of the molecule is CN=C(NCCN1CCCCC1C)NC1CCN(CC(F)(F)F)C1.I. The van der Waals surface area contributed by atoms with E-state index in [-0.39, 0.29) is 30.0 Å². The van der Waals surface area contributed by atoms with Gasteiger partial charge in [0.25, 0.3) is 0 Å². The highest BCUT2D eigenvalue weighted by atomic mass is 127. The van der Waals surface area contributed by atoms with Gasteiger partial charge < -0.3 is 10.6 Å². The number of hydrogen-bond donors (Lipinski definition) is 2. The van der Waals surface area contributed by atoms with E-state index in [0.717, 1.165) is 19.6 Å². The summed E-state index contributed by atoms with van der Waals surface area (Å²) in [5.41, 5.74) is 0. The number of likely N-dealkylation sites (tertiary alicyclic amines) is 2. The molecule has 0 aromatic carbocycles. The number of aliphatic imine (C=N–C) groups is 1. The van der Waals surface area contributed by atoms with E-state index in [9.17, 15) is 13.2 Å². The van der Waals surface area contributed by atoms with Gasteiger partial charge in [0.05, 0.1) is 6.54 Å². The predicted molar refractivity (Wildman–Crippen MR) is 106 cm³/mol. The lowest BCUT2D eigenvalue weighted by molar-refractivity contribution is -0.143. The van der Waals surface area contributed by atoms with Crippen LogP contribution in [0.15, 0.2) is 4.99 Å². The molecule has 0 aromatic rings. The van der Waals surface area contributed by atoms with Crippen LogP contribution in [0.5, 0.6) is 0 Å². The number of nitrogens with one attached hydrogen (secondary N) is 2. The van der Waals surface area contributed by atoms with Gasteiger partial charge >= 0.3 is 6.18 Å². The fourth-order valence-electron chi connectivity index (χ4n) is 3.54. The maximum atomic E-state index is 12.4. The number of halogens is 4. The number of guanidine groups is 1. The first-order chi connectivity index (χ1) is 11.4. The molecule has 0 saturated carbocycles. The largest absolute Gasteiger partial charge is 0.401 e. The van der Waals surface area contributed by atoms with Crippen molar-refractivity contribution < 1.29 is 13.2 Å². The van der Waals surface area contributed by atoms with Gasteiger partial charge in [0.2, 0.25) is 0 Å². The van der Waals surface area contributed by atoms with Crippen LogP contribution in [0.25, 0.3) is 0 Å². The van der Waals surface area contributed by atoms with Gasteiger partial charge in [-0.3, -0.25) is 14.8 Å². The van der Waals surface area contributed by atoms with Crippen LogP contribution in [0.1, 0.15) is 32.6 Å². The molecule has 0 radical (unpaired) electrons. The van der Waals surface area contributed by atoms with Gasteiger partial charge in [-0.25, -0.2) is 0 Å². The minimum Gasteiger partial charge on any atom is -0.355 e. The Balaban J connectivity index is 0.00000312. The van der Waals surface area contributed by atoms with E-state index in [1.54, 1.807) is 7.05 Å². The molecule has 0 bridgehead atoms. The zero-order valence-electron chi connectivity index (χ0n) is 15.1. The van der Waals surface area contributed by atoms with Crippen molar-refractivity contribution in [2.24, 2.45) is 4.99 Å². The molecule has 148 valence electrons. The third-order valence-electron chi connectivity index (χ3n) is 4.87. The third kappa shape index (κ3) is 8.29. The molecule has 2 unspecified atom stereocenters. The molecule has 25 heavy (non-hydrogen) atoms. The summed E-state index contributed by atoms with van der Waals surface area (Å²) in [4.78, 5) is 8.11. The Bertz CT molecular complexity index is 419. The van der Waals surface area contributed by atoms with E-state index >= 15 is 0 Å². The minimum atomic E-state index is -4.13. The van der Waals surface area contributed by atoms with Crippen LogP contribution in [-0.2, 0) is 0 Å².